The summed E-state index contributed by atoms with van der Waals surface area (Å²) in [4.78, 5) is 18.7. The lowest BCUT2D eigenvalue weighted by Crippen LogP contribution is -2.52. The Kier molecular flexibility index (Phi) is 3.40. The molecule has 1 atom stereocenters. The van der Waals surface area contributed by atoms with Crippen LogP contribution in [-0.4, -0.2) is 46.6 Å². The highest BCUT2D eigenvalue weighted by Crippen LogP contribution is 2.19. The van der Waals surface area contributed by atoms with Crippen LogP contribution in [0.5, 0.6) is 0 Å². The molecular weight excluding hydrogens is 256 g/mol. The van der Waals surface area contributed by atoms with Crippen molar-refractivity contribution in [3.05, 3.63) is 23.5 Å². The molecule has 1 N–H and O–H groups in total. The van der Waals surface area contributed by atoms with E-state index < -0.39 is 0 Å². The van der Waals surface area contributed by atoms with Gasteiger partial charge in [-0.1, -0.05) is 12.1 Å². The van der Waals surface area contributed by atoms with Crippen LogP contribution in [0.15, 0.2) is 16.8 Å². The number of amides is 1. The van der Waals surface area contributed by atoms with Gasteiger partial charge in [0.05, 0.1) is 16.6 Å². The first-order valence-corrected chi connectivity index (χ1v) is 6.96. The third-order valence-corrected chi connectivity index (χ3v) is 3.75. The minimum Gasteiger partial charge on any atom is -0.336 e. The van der Waals surface area contributed by atoms with Gasteiger partial charge in [-0.15, -0.1) is 0 Å². The van der Waals surface area contributed by atoms with Gasteiger partial charge in [0, 0.05) is 31.9 Å². The van der Waals surface area contributed by atoms with Gasteiger partial charge in [0.1, 0.15) is 0 Å². The summed E-state index contributed by atoms with van der Waals surface area (Å²) in [5, 5.41) is 8.08. The van der Waals surface area contributed by atoms with Gasteiger partial charge in [-0.25, -0.2) is 4.98 Å². The maximum absolute atomic E-state index is 12.6. The van der Waals surface area contributed by atoms with E-state index in [9.17, 15) is 4.79 Å². The van der Waals surface area contributed by atoms with E-state index in [1.165, 1.54) is 0 Å². The van der Waals surface area contributed by atoms with Gasteiger partial charge < -0.3 is 14.7 Å². The Morgan fingerprint density at radius 3 is 3.20 bits per heavy atom. The molecular formula is C14H18N4O2. The number of hydrogen-bond acceptors (Lipinski definition) is 5. The third-order valence-electron chi connectivity index (χ3n) is 3.75. The predicted octanol–water partition coefficient (Wildman–Crippen LogP) is 1.22. The summed E-state index contributed by atoms with van der Waals surface area (Å²) in [6.45, 7) is 6.44. The first-order valence-electron chi connectivity index (χ1n) is 6.96. The van der Waals surface area contributed by atoms with Crippen molar-refractivity contribution in [3.8, 4) is 0 Å². The van der Waals surface area contributed by atoms with Crippen molar-refractivity contribution in [2.75, 3.05) is 19.6 Å². The van der Waals surface area contributed by atoms with E-state index >= 15 is 0 Å². The molecule has 1 saturated heterocycles. The Bertz CT molecular complexity index is 637. The molecule has 0 aliphatic carbocycles. The number of fused-ring (bicyclic) bond motifs is 1. The maximum Gasteiger partial charge on any atom is 0.257 e. The molecule has 1 aliphatic rings. The number of hydrogen-bond donors (Lipinski definition) is 1. The van der Waals surface area contributed by atoms with E-state index in [1.807, 2.05) is 24.8 Å². The van der Waals surface area contributed by atoms with Crippen molar-refractivity contribution in [2.24, 2.45) is 0 Å². The quantitative estimate of drug-likeness (QED) is 0.891. The highest BCUT2D eigenvalue weighted by molar-refractivity contribution is 5.97. The molecule has 20 heavy (non-hydrogen) atoms. The summed E-state index contributed by atoms with van der Waals surface area (Å²) in [7, 11) is 0. The normalized spacial score (nSPS) is 19.5. The van der Waals surface area contributed by atoms with Crippen LogP contribution in [0.1, 0.15) is 29.9 Å². The van der Waals surface area contributed by atoms with Crippen LogP contribution in [0, 0.1) is 0 Å². The molecule has 0 saturated carbocycles. The maximum atomic E-state index is 12.6. The molecule has 1 amide bonds. The second-order valence-electron chi connectivity index (χ2n) is 5.11. The smallest absolute Gasteiger partial charge is 0.257 e. The molecule has 3 rings (SSSR count). The van der Waals surface area contributed by atoms with E-state index in [-0.39, 0.29) is 11.9 Å². The number of aromatic nitrogens is 2. The van der Waals surface area contributed by atoms with Gasteiger partial charge >= 0.3 is 0 Å². The molecule has 1 aliphatic heterocycles. The minimum absolute atomic E-state index is 0.0247. The van der Waals surface area contributed by atoms with Gasteiger partial charge in [0.2, 0.25) is 0 Å². The highest BCUT2D eigenvalue weighted by Gasteiger charge is 2.25. The van der Waals surface area contributed by atoms with Crippen molar-refractivity contribution < 1.29 is 9.32 Å². The van der Waals surface area contributed by atoms with Gasteiger partial charge in [-0.2, -0.15) is 0 Å². The number of piperazine rings is 1. The monoisotopic (exact) mass is 274 g/mol. The lowest BCUT2D eigenvalue weighted by atomic mass is 10.1. The van der Waals surface area contributed by atoms with Gasteiger partial charge in [0.25, 0.3) is 11.6 Å². The largest absolute Gasteiger partial charge is 0.336 e. The van der Waals surface area contributed by atoms with Crippen LogP contribution in [0.4, 0.5) is 0 Å². The standard InChI is InChI=1S/C14H18N4O2/c1-3-12-11-6-10(8-16-13(11)20-17-12)14(19)18-5-4-15-7-9(18)2/h6,8-9,15H,3-5,7H2,1-2H3/t9-/m1/s1. The summed E-state index contributed by atoms with van der Waals surface area (Å²) in [6, 6.07) is 2.04. The number of nitrogens with zero attached hydrogens (tertiary/aromatic N) is 3. The molecule has 6 heteroatoms. The fourth-order valence-electron chi connectivity index (χ4n) is 2.56. The second kappa shape index (κ2) is 5.20. The topological polar surface area (TPSA) is 71.3 Å². The molecule has 2 aromatic rings. The van der Waals surface area contributed by atoms with E-state index in [2.05, 4.69) is 15.5 Å². The zero-order valence-electron chi connectivity index (χ0n) is 11.7. The van der Waals surface area contributed by atoms with E-state index in [4.69, 9.17) is 4.52 Å². The molecule has 0 spiro atoms. The first-order chi connectivity index (χ1) is 9.70. The number of aryl methyl sites for hydroxylation is 1. The average molecular weight is 274 g/mol. The minimum atomic E-state index is 0.0247. The summed E-state index contributed by atoms with van der Waals surface area (Å²) in [5.74, 6) is 0.0247. The lowest BCUT2D eigenvalue weighted by Gasteiger charge is -2.33. The Morgan fingerprint density at radius 2 is 2.45 bits per heavy atom. The van der Waals surface area contributed by atoms with E-state index in [0.29, 0.717) is 11.3 Å². The van der Waals surface area contributed by atoms with E-state index in [1.54, 1.807) is 6.20 Å². The predicted molar refractivity (Wildman–Crippen MR) is 74.6 cm³/mol. The summed E-state index contributed by atoms with van der Waals surface area (Å²) in [6.07, 6.45) is 2.33. The van der Waals surface area contributed by atoms with Crippen LogP contribution < -0.4 is 5.32 Å². The zero-order valence-corrected chi connectivity index (χ0v) is 11.7. The Morgan fingerprint density at radius 1 is 1.60 bits per heavy atom. The van der Waals surface area contributed by atoms with Crippen molar-refractivity contribution in [1.29, 1.82) is 0 Å². The Hall–Kier alpha value is -1.95. The number of carbonyl (C=O) groups excluding carboxylic acids is 1. The fraction of sp³-hybridized carbons (Fsp3) is 0.500. The van der Waals surface area contributed by atoms with Gasteiger partial charge in [0.15, 0.2) is 0 Å². The summed E-state index contributed by atoms with van der Waals surface area (Å²) >= 11 is 0. The highest BCUT2D eigenvalue weighted by atomic mass is 16.5. The Balaban J connectivity index is 1.94. The first kappa shape index (κ1) is 13.1. The van der Waals surface area contributed by atoms with Crippen molar-refractivity contribution in [1.82, 2.24) is 20.4 Å². The van der Waals surface area contributed by atoms with Crippen LogP contribution in [0.2, 0.25) is 0 Å². The SMILES string of the molecule is CCc1noc2ncc(C(=O)N3CCNC[C@H]3C)cc12. The molecule has 0 unspecified atom stereocenters. The molecule has 6 nitrogen and oxygen atoms in total. The third kappa shape index (κ3) is 2.16. The van der Waals surface area contributed by atoms with Gasteiger partial charge in [-0.3, -0.25) is 4.79 Å². The van der Waals surface area contributed by atoms with Crippen LogP contribution >= 0.6 is 0 Å². The Labute approximate surface area is 117 Å². The van der Waals surface area contributed by atoms with Crippen LogP contribution in [-0.2, 0) is 6.42 Å². The number of nitrogens with one attached hydrogen (secondary N) is 1. The molecule has 0 radical (unpaired) electrons. The molecule has 0 aromatic carbocycles. The molecule has 1 fully saturated rings. The van der Waals surface area contributed by atoms with Crippen molar-refractivity contribution >= 4 is 17.0 Å². The average Bonchev–Trinajstić information content (AvgIpc) is 2.89. The zero-order chi connectivity index (χ0) is 14.1. The molecule has 2 aromatic heterocycles. The second-order valence-corrected chi connectivity index (χ2v) is 5.11. The van der Waals surface area contributed by atoms with Crippen molar-refractivity contribution in [2.45, 2.75) is 26.3 Å². The number of pyridine rings is 1. The molecule has 3 heterocycles. The number of carbonyl (C=O) groups is 1. The number of rotatable bonds is 2. The van der Waals surface area contributed by atoms with Crippen LogP contribution in [0.25, 0.3) is 11.1 Å². The lowest BCUT2D eigenvalue weighted by molar-refractivity contribution is 0.0655. The van der Waals surface area contributed by atoms with Gasteiger partial charge in [-0.05, 0) is 19.4 Å². The van der Waals surface area contributed by atoms with E-state index in [0.717, 1.165) is 37.1 Å². The molecule has 106 valence electrons. The summed E-state index contributed by atoms with van der Waals surface area (Å²) in [5.41, 5.74) is 1.94. The fourth-order valence-corrected chi connectivity index (χ4v) is 2.56. The summed E-state index contributed by atoms with van der Waals surface area (Å²) < 4.78 is 5.15. The van der Waals surface area contributed by atoms with Crippen molar-refractivity contribution in [3.63, 3.8) is 0 Å². The van der Waals surface area contributed by atoms with Crippen LogP contribution in [0.3, 0.4) is 0 Å². The molecule has 0 bridgehead atoms.